The first kappa shape index (κ1) is 10.6. The van der Waals surface area contributed by atoms with Gasteiger partial charge < -0.3 is 5.73 Å². The van der Waals surface area contributed by atoms with Crippen LogP contribution in [0.25, 0.3) is 0 Å². The minimum absolute atomic E-state index is 0.121. The van der Waals surface area contributed by atoms with Crippen molar-refractivity contribution in [2.24, 2.45) is 5.73 Å². The summed E-state index contributed by atoms with van der Waals surface area (Å²) in [6.45, 7) is 4.12. The van der Waals surface area contributed by atoms with Crippen molar-refractivity contribution in [3.63, 3.8) is 0 Å². The van der Waals surface area contributed by atoms with Crippen LogP contribution >= 0.6 is 15.9 Å². The van der Waals surface area contributed by atoms with Crippen LogP contribution < -0.4 is 5.73 Å². The van der Waals surface area contributed by atoms with E-state index in [1.54, 1.807) is 12.5 Å². The van der Waals surface area contributed by atoms with Crippen LogP contribution in [0.2, 0.25) is 0 Å². The lowest BCUT2D eigenvalue weighted by Crippen LogP contribution is -2.25. The molecule has 0 amide bonds. The third-order valence-electron chi connectivity index (χ3n) is 2.12. The molecule has 2 atom stereocenters. The first-order valence-electron chi connectivity index (χ1n) is 4.37. The van der Waals surface area contributed by atoms with E-state index in [2.05, 4.69) is 32.8 Å². The first-order chi connectivity index (χ1) is 6.16. The third-order valence-corrected chi connectivity index (χ3v) is 2.73. The van der Waals surface area contributed by atoms with Crippen LogP contribution in [0.1, 0.15) is 31.9 Å². The largest absolute Gasteiger partial charge is 0.327 e. The van der Waals surface area contributed by atoms with Gasteiger partial charge in [-0.2, -0.15) is 0 Å². The quantitative estimate of drug-likeness (QED) is 0.885. The van der Waals surface area contributed by atoms with Crippen LogP contribution in [-0.2, 0) is 0 Å². The van der Waals surface area contributed by atoms with Crippen LogP contribution in [0.4, 0.5) is 0 Å². The molecule has 4 heteroatoms. The molecule has 0 aliphatic rings. The van der Waals surface area contributed by atoms with Crippen molar-refractivity contribution in [1.82, 2.24) is 9.97 Å². The fraction of sp³-hybridized carbons (Fsp3) is 0.556. The van der Waals surface area contributed by atoms with E-state index in [0.29, 0.717) is 5.92 Å². The van der Waals surface area contributed by atoms with Crippen LogP contribution in [-0.4, -0.2) is 16.0 Å². The van der Waals surface area contributed by atoms with Gasteiger partial charge in [0.15, 0.2) is 0 Å². The molecule has 1 heterocycles. The summed E-state index contributed by atoms with van der Waals surface area (Å²) in [5.74, 6) is 0.303. The minimum Gasteiger partial charge on any atom is -0.327 e. The molecule has 0 aromatic carbocycles. The molecule has 0 aliphatic carbocycles. The molecule has 0 spiro atoms. The highest BCUT2D eigenvalue weighted by Crippen LogP contribution is 2.26. The summed E-state index contributed by atoms with van der Waals surface area (Å²) in [7, 11) is 0. The molecule has 0 saturated heterocycles. The Morgan fingerprint density at radius 1 is 1.62 bits per heavy atom. The molecule has 1 aromatic heterocycles. The molecule has 13 heavy (non-hydrogen) atoms. The molecular formula is C9H14BrN3. The third kappa shape index (κ3) is 2.48. The number of aromatic nitrogens is 2. The summed E-state index contributed by atoms with van der Waals surface area (Å²) < 4.78 is 0.944. The average molecular weight is 244 g/mol. The molecule has 0 fully saturated rings. The summed E-state index contributed by atoms with van der Waals surface area (Å²) in [5, 5.41) is 0. The molecule has 0 aliphatic heterocycles. The van der Waals surface area contributed by atoms with Gasteiger partial charge in [0, 0.05) is 18.2 Å². The van der Waals surface area contributed by atoms with E-state index in [0.717, 1.165) is 16.6 Å². The second-order valence-electron chi connectivity index (χ2n) is 3.13. The summed E-state index contributed by atoms with van der Waals surface area (Å²) in [6.07, 6.45) is 4.31. The number of halogens is 1. The Kier molecular flexibility index (Phi) is 3.81. The minimum atomic E-state index is 0.121. The molecule has 2 unspecified atom stereocenters. The highest BCUT2D eigenvalue weighted by atomic mass is 79.9. The Labute approximate surface area is 86.9 Å². The molecule has 0 radical (unpaired) electrons. The topological polar surface area (TPSA) is 51.8 Å². The van der Waals surface area contributed by atoms with Gasteiger partial charge in [0.2, 0.25) is 0 Å². The van der Waals surface area contributed by atoms with E-state index in [4.69, 9.17) is 5.73 Å². The van der Waals surface area contributed by atoms with Crippen molar-refractivity contribution in [1.29, 1.82) is 0 Å². The van der Waals surface area contributed by atoms with Crippen LogP contribution in [0.5, 0.6) is 0 Å². The van der Waals surface area contributed by atoms with Gasteiger partial charge in [-0.05, 0) is 29.3 Å². The molecule has 2 N–H and O–H groups in total. The normalized spacial score (nSPS) is 15.4. The molecule has 72 valence electrons. The van der Waals surface area contributed by atoms with Crippen molar-refractivity contribution in [2.75, 3.05) is 0 Å². The van der Waals surface area contributed by atoms with Crippen molar-refractivity contribution in [2.45, 2.75) is 32.2 Å². The van der Waals surface area contributed by atoms with Crippen LogP contribution in [0.3, 0.4) is 0 Å². The molecular weight excluding hydrogens is 230 g/mol. The SMILES string of the molecule is CCC(c1ncncc1Br)C(C)N. The Balaban J connectivity index is 2.97. The second kappa shape index (κ2) is 4.67. The van der Waals surface area contributed by atoms with Gasteiger partial charge >= 0.3 is 0 Å². The summed E-state index contributed by atoms with van der Waals surface area (Å²) in [5.41, 5.74) is 6.87. The second-order valence-corrected chi connectivity index (χ2v) is 3.98. The number of hydrogen-bond donors (Lipinski definition) is 1. The van der Waals surface area contributed by atoms with Crippen molar-refractivity contribution >= 4 is 15.9 Å². The molecule has 1 aromatic rings. The predicted molar refractivity (Wildman–Crippen MR) is 56.4 cm³/mol. The van der Waals surface area contributed by atoms with Gasteiger partial charge in [0.25, 0.3) is 0 Å². The monoisotopic (exact) mass is 243 g/mol. The maximum absolute atomic E-state index is 5.87. The average Bonchev–Trinajstić information content (AvgIpc) is 2.09. The van der Waals surface area contributed by atoms with Gasteiger partial charge in [0.1, 0.15) is 6.33 Å². The van der Waals surface area contributed by atoms with Crippen molar-refractivity contribution in [3.05, 3.63) is 22.7 Å². The molecule has 0 saturated carbocycles. The summed E-state index contributed by atoms with van der Waals surface area (Å²) >= 11 is 3.43. The highest BCUT2D eigenvalue weighted by Gasteiger charge is 2.17. The lowest BCUT2D eigenvalue weighted by atomic mass is 9.95. The van der Waals surface area contributed by atoms with Crippen molar-refractivity contribution < 1.29 is 0 Å². The zero-order valence-electron chi connectivity index (χ0n) is 7.87. The predicted octanol–water partition coefficient (Wildman–Crippen LogP) is 2.08. The van der Waals surface area contributed by atoms with Gasteiger partial charge in [-0.3, -0.25) is 0 Å². The summed E-state index contributed by atoms with van der Waals surface area (Å²) in [6, 6.07) is 0.121. The Hall–Kier alpha value is -0.480. The van der Waals surface area contributed by atoms with E-state index in [-0.39, 0.29) is 6.04 Å². The first-order valence-corrected chi connectivity index (χ1v) is 5.17. The fourth-order valence-corrected chi connectivity index (χ4v) is 1.92. The highest BCUT2D eigenvalue weighted by molar-refractivity contribution is 9.10. The van der Waals surface area contributed by atoms with E-state index >= 15 is 0 Å². The zero-order chi connectivity index (χ0) is 9.84. The summed E-state index contributed by atoms with van der Waals surface area (Å²) in [4.78, 5) is 8.15. The van der Waals surface area contributed by atoms with Gasteiger partial charge in [-0.25, -0.2) is 9.97 Å². The van der Waals surface area contributed by atoms with Crippen molar-refractivity contribution in [3.8, 4) is 0 Å². The fourth-order valence-electron chi connectivity index (χ4n) is 1.41. The lowest BCUT2D eigenvalue weighted by molar-refractivity contribution is 0.536. The standard InChI is InChI=1S/C9H14BrN3/c1-3-7(6(2)11)9-8(10)4-12-5-13-9/h4-7H,3,11H2,1-2H3. The van der Waals surface area contributed by atoms with E-state index in [9.17, 15) is 0 Å². The van der Waals surface area contributed by atoms with Gasteiger partial charge in [-0.15, -0.1) is 0 Å². The van der Waals surface area contributed by atoms with E-state index < -0.39 is 0 Å². The van der Waals surface area contributed by atoms with E-state index in [1.165, 1.54) is 0 Å². The maximum Gasteiger partial charge on any atom is 0.115 e. The number of nitrogens with two attached hydrogens (primary N) is 1. The Morgan fingerprint density at radius 2 is 2.31 bits per heavy atom. The zero-order valence-corrected chi connectivity index (χ0v) is 9.45. The number of rotatable bonds is 3. The van der Waals surface area contributed by atoms with Crippen LogP contribution in [0, 0.1) is 0 Å². The van der Waals surface area contributed by atoms with Gasteiger partial charge in [-0.1, -0.05) is 6.92 Å². The van der Waals surface area contributed by atoms with E-state index in [1.807, 2.05) is 6.92 Å². The lowest BCUT2D eigenvalue weighted by Gasteiger charge is -2.18. The number of nitrogens with zero attached hydrogens (tertiary/aromatic N) is 2. The Bertz CT molecular complexity index is 275. The maximum atomic E-state index is 5.87. The number of hydrogen-bond acceptors (Lipinski definition) is 3. The molecule has 3 nitrogen and oxygen atoms in total. The smallest absolute Gasteiger partial charge is 0.115 e. The van der Waals surface area contributed by atoms with Gasteiger partial charge in [0.05, 0.1) is 10.2 Å². The Morgan fingerprint density at radius 3 is 2.77 bits per heavy atom. The molecule has 0 bridgehead atoms. The van der Waals surface area contributed by atoms with Crippen LogP contribution in [0.15, 0.2) is 17.0 Å². The molecule has 1 rings (SSSR count).